The van der Waals surface area contributed by atoms with Gasteiger partial charge in [-0.15, -0.1) is 0 Å². The van der Waals surface area contributed by atoms with Crippen LogP contribution in [0.1, 0.15) is 81.8 Å². The molecule has 0 aromatic heterocycles. The molecule has 0 spiro atoms. The number of nitrogens with zero attached hydrogens (tertiary/aromatic N) is 1. The van der Waals surface area contributed by atoms with Crippen molar-refractivity contribution in [2.45, 2.75) is 76.7 Å². The molecule has 0 radical (unpaired) electrons. The van der Waals surface area contributed by atoms with Crippen molar-refractivity contribution in [3.05, 3.63) is 53.6 Å². The number of aliphatic imine (C=N–C) groups is 1. The Morgan fingerprint density at radius 3 is 2.23 bits per heavy atom. The van der Waals surface area contributed by atoms with Crippen LogP contribution in [-0.4, -0.2) is 17.4 Å². The van der Waals surface area contributed by atoms with Crippen LogP contribution in [0.3, 0.4) is 0 Å². The van der Waals surface area contributed by atoms with E-state index in [4.69, 9.17) is 22.0 Å². The quantitative estimate of drug-likeness (QED) is 0.390. The van der Waals surface area contributed by atoms with E-state index in [0.717, 1.165) is 22.3 Å². The number of phenolic OH excluding ortho intramolecular Hbond substituents is 1. The van der Waals surface area contributed by atoms with Crippen LogP contribution in [0.15, 0.2) is 47.5 Å². The molecule has 4 rings (SSSR count). The Kier molecular flexibility index (Phi) is 10.6. The summed E-state index contributed by atoms with van der Waals surface area (Å²) >= 11 is -0.826. The summed E-state index contributed by atoms with van der Waals surface area (Å²) in [5.74, 6) is 1.58. The van der Waals surface area contributed by atoms with E-state index in [1.54, 1.807) is 0 Å². The van der Waals surface area contributed by atoms with Gasteiger partial charge in [-0.3, -0.25) is 4.99 Å². The Hall–Kier alpha value is -0.627. The van der Waals surface area contributed by atoms with Gasteiger partial charge in [0, 0.05) is 11.8 Å². The van der Waals surface area contributed by atoms with E-state index in [-0.39, 0.29) is 0 Å². The van der Waals surface area contributed by atoms with Gasteiger partial charge in [0.25, 0.3) is 0 Å². The molecule has 0 amide bonds. The number of hydrogen-bond acceptors (Lipinski definition) is 2. The molecule has 0 saturated heterocycles. The summed E-state index contributed by atoms with van der Waals surface area (Å²) in [7, 11) is 9.87. The molecule has 2 fully saturated rings. The van der Waals surface area contributed by atoms with Crippen molar-refractivity contribution in [1.29, 1.82) is 0 Å². The second-order valence-electron chi connectivity index (χ2n) is 8.84. The molecule has 166 valence electrons. The van der Waals surface area contributed by atoms with Gasteiger partial charge in [0.1, 0.15) is 5.75 Å². The van der Waals surface area contributed by atoms with E-state index in [0.29, 0.717) is 23.6 Å². The van der Waals surface area contributed by atoms with Crippen molar-refractivity contribution in [2.75, 3.05) is 0 Å². The maximum absolute atomic E-state index is 11.3. The normalized spacial score (nSPS) is 22.0. The number of halogens is 2. The van der Waals surface area contributed by atoms with Crippen LogP contribution in [0.4, 0.5) is 0 Å². The third-order valence-electron chi connectivity index (χ3n) is 6.84. The van der Waals surface area contributed by atoms with E-state index in [9.17, 15) is 5.11 Å². The average Bonchev–Trinajstić information content (AvgIpc) is 2.81. The van der Waals surface area contributed by atoms with E-state index in [1.165, 1.54) is 57.8 Å². The fourth-order valence-electron chi connectivity index (χ4n) is 5.06. The van der Waals surface area contributed by atoms with Crippen LogP contribution >= 0.6 is 17.0 Å². The number of hydrogen-bond donors (Lipinski definition) is 1. The molecule has 1 N–H and O–H groups in total. The van der Waals surface area contributed by atoms with Crippen LogP contribution in [0, 0.1) is 5.92 Å². The third kappa shape index (κ3) is 6.93. The second kappa shape index (κ2) is 13.2. The number of benzene rings is 2. The van der Waals surface area contributed by atoms with Crippen LogP contribution in [0.25, 0.3) is 11.1 Å². The molecule has 2 nitrogen and oxygen atoms in total. The van der Waals surface area contributed by atoms with Gasteiger partial charge in [-0.05, 0) is 54.2 Å². The zero-order chi connectivity index (χ0) is 22.1. The van der Waals surface area contributed by atoms with Crippen LogP contribution in [-0.2, 0) is 20.8 Å². The average molecular weight is 538 g/mol. The summed E-state index contributed by atoms with van der Waals surface area (Å²) in [5, 5.41) is 11.3. The molecular weight excluding hydrogens is 504 g/mol. The molecular formula is C26H33Cl2NOZr. The molecule has 2 aromatic carbocycles. The van der Waals surface area contributed by atoms with Crippen molar-refractivity contribution in [3.8, 4) is 16.9 Å². The first kappa shape index (κ1) is 25.0. The van der Waals surface area contributed by atoms with Gasteiger partial charge in [0.2, 0.25) is 0 Å². The summed E-state index contributed by atoms with van der Waals surface area (Å²) < 4.78 is 0. The van der Waals surface area contributed by atoms with Crippen molar-refractivity contribution in [3.63, 3.8) is 0 Å². The molecule has 2 aliphatic carbocycles. The SMILES string of the molecule is CC1CCCCC1N=Cc1c(-c2ccccc2)ccc(C2CCCCC2)c1O.[Cl][Zr][Cl]. The van der Waals surface area contributed by atoms with Gasteiger partial charge in [-0.1, -0.05) is 81.5 Å². The fourth-order valence-corrected chi connectivity index (χ4v) is 5.06. The third-order valence-corrected chi connectivity index (χ3v) is 6.84. The zero-order valence-electron chi connectivity index (χ0n) is 18.4. The van der Waals surface area contributed by atoms with Gasteiger partial charge in [-0.2, -0.15) is 0 Å². The first-order chi connectivity index (χ1) is 15.2. The molecule has 2 saturated carbocycles. The minimum atomic E-state index is -0.826. The first-order valence-electron chi connectivity index (χ1n) is 11.6. The van der Waals surface area contributed by atoms with Gasteiger partial charge in [-0.25, -0.2) is 0 Å². The molecule has 2 aliphatic rings. The standard InChI is InChI=1S/C26H33NO.2ClH.Zr/c1-19-10-8-9-15-25(19)27-18-24-22(20-11-4-2-5-12-20)16-17-23(26(24)28)21-13-6-3-7-14-21;;;/h2,4-5,11-12,16-19,21,25,28H,3,6-10,13-15H2,1H3;2*1H;/q;;;+2/p-2. The Labute approximate surface area is 206 Å². The Bertz CT molecular complexity index is 837. The molecule has 31 heavy (non-hydrogen) atoms. The van der Waals surface area contributed by atoms with Gasteiger partial charge < -0.3 is 5.11 Å². The van der Waals surface area contributed by atoms with Crippen LogP contribution in [0.2, 0.25) is 0 Å². The van der Waals surface area contributed by atoms with Crippen LogP contribution in [0.5, 0.6) is 5.75 Å². The van der Waals surface area contributed by atoms with Crippen LogP contribution < -0.4 is 0 Å². The number of phenols is 1. The van der Waals surface area contributed by atoms with Crippen molar-refractivity contribution in [1.82, 2.24) is 0 Å². The monoisotopic (exact) mass is 535 g/mol. The summed E-state index contributed by atoms with van der Waals surface area (Å²) in [6, 6.07) is 15.1. The van der Waals surface area contributed by atoms with Gasteiger partial charge in [0.05, 0.1) is 6.04 Å². The van der Waals surface area contributed by atoms with Crippen molar-refractivity contribution < 1.29 is 26.0 Å². The fraction of sp³-hybridized carbons (Fsp3) is 0.500. The van der Waals surface area contributed by atoms with Gasteiger partial charge >= 0.3 is 37.9 Å². The van der Waals surface area contributed by atoms with E-state index in [1.807, 2.05) is 12.3 Å². The van der Waals surface area contributed by atoms with E-state index >= 15 is 0 Å². The maximum atomic E-state index is 11.3. The Morgan fingerprint density at radius 2 is 1.55 bits per heavy atom. The molecule has 2 unspecified atom stereocenters. The van der Waals surface area contributed by atoms with Crippen molar-refractivity contribution in [2.24, 2.45) is 10.9 Å². The Morgan fingerprint density at radius 1 is 0.903 bits per heavy atom. The van der Waals surface area contributed by atoms with E-state index in [2.05, 4.69) is 43.3 Å². The zero-order valence-corrected chi connectivity index (χ0v) is 22.3. The molecule has 2 aromatic rings. The Balaban J connectivity index is 0.000000858. The molecule has 2 atom stereocenters. The number of rotatable bonds is 4. The molecule has 0 aliphatic heterocycles. The topological polar surface area (TPSA) is 32.6 Å². The molecule has 0 bridgehead atoms. The molecule has 5 heteroatoms. The first-order valence-corrected chi connectivity index (χ1v) is 17.9. The minimum absolute atomic E-state index is 0.384. The van der Waals surface area contributed by atoms with Crippen molar-refractivity contribution >= 4 is 23.2 Å². The predicted molar refractivity (Wildman–Crippen MR) is 130 cm³/mol. The number of aromatic hydroxyl groups is 1. The second-order valence-corrected chi connectivity index (χ2v) is 12.6. The summed E-state index contributed by atoms with van der Waals surface area (Å²) in [6.45, 7) is 2.32. The van der Waals surface area contributed by atoms with Gasteiger partial charge in [0.15, 0.2) is 0 Å². The summed E-state index contributed by atoms with van der Waals surface area (Å²) in [4.78, 5) is 4.98. The predicted octanol–water partition coefficient (Wildman–Crippen LogP) is 8.48. The summed E-state index contributed by atoms with van der Waals surface area (Å²) in [6.07, 6.45) is 13.3. The van der Waals surface area contributed by atoms with E-state index < -0.39 is 20.8 Å². The summed E-state index contributed by atoms with van der Waals surface area (Å²) in [5.41, 5.74) is 4.26. The molecule has 0 heterocycles.